The van der Waals surface area contributed by atoms with Gasteiger partial charge in [0.05, 0.1) is 6.61 Å². The molecule has 0 amide bonds. The van der Waals surface area contributed by atoms with Crippen molar-refractivity contribution < 1.29 is 23.7 Å². The Morgan fingerprint density at radius 1 is 1.22 bits per heavy atom. The first-order valence-electron chi connectivity index (χ1n) is 3.18. The zero-order chi connectivity index (χ0) is 6.41. The van der Waals surface area contributed by atoms with E-state index in [1.54, 1.807) is 0 Å². The van der Waals surface area contributed by atoms with Crippen LogP contribution < -0.4 is 0 Å². The summed E-state index contributed by atoms with van der Waals surface area (Å²) in [7, 11) is 0. The maximum atomic E-state index is 8.46. The first-order valence-corrected chi connectivity index (χ1v) is 3.18. The van der Waals surface area contributed by atoms with E-state index in [1.165, 1.54) is 0 Å². The quantitative estimate of drug-likeness (QED) is 0.653. The van der Waals surface area contributed by atoms with Crippen molar-refractivity contribution in [2.75, 3.05) is 26.2 Å². The smallest absolute Gasteiger partial charge is 0.0558 e. The predicted molar refractivity (Wildman–Crippen MR) is 34.9 cm³/mol. The Hall–Kier alpha value is 0.504. The van der Waals surface area contributed by atoms with Gasteiger partial charge in [-0.15, -0.1) is 0 Å². The molecule has 0 aliphatic heterocycles. The molecule has 0 heterocycles. The largest absolute Gasteiger partial charge is 0.395 e. The van der Waals surface area contributed by atoms with Gasteiger partial charge in [0.15, 0.2) is 0 Å². The summed E-state index contributed by atoms with van der Waals surface area (Å²) in [5.41, 5.74) is 0. The second-order valence-electron chi connectivity index (χ2n) is 1.75. The van der Waals surface area contributed by atoms with E-state index < -0.39 is 0 Å². The Labute approximate surface area is 69.1 Å². The van der Waals surface area contributed by atoms with E-state index in [1.807, 2.05) is 0 Å². The van der Waals surface area contributed by atoms with Gasteiger partial charge in [-0.25, -0.2) is 0 Å². The van der Waals surface area contributed by atoms with E-state index in [4.69, 9.17) is 5.11 Å². The van der Waals surface area contributed by atoms with E-state index in [2.05, 4.69) is 18.7 Å². The summed E-state index contributed by atoms with van der Waals surface area (Å²) in [4.78, 5) is 2.18. The second kappa shape index (κ2) is 8.50. The maximum Gasteiger partial charge on any atom is 0.0558 e. The molecule has 3 heteroatoms. The van der Waals surface area contributed by atoms with Gasteiger partial charge < -0.3 is 10.0 Å². The van der Waals surface area contributed by atoms with E-state index in [-0.39, 0.29) is 25.2 Å². The van der Waals surface area contributed by atoms with E-state index >= 15 is 0 Å². The van der Waals surface area contributed by atoms with Gasteiger partial charge in [0.1, 0.15) is 0 Å². The molecule has 0 saturated heterocycles. The molecule has 0 atom stereocenters. The molecule has 1 radical (unpaired) electrons. The molecule has 9 heavy (non-hydrogen) atoms. The van der Waals surface area contributed by atoms with Gasteiger partial charge >= 0.3 is 0 Å². The monoisotopic (exact) mass is 168 g/mol. The summed E-state index contributed by atoms with van der Waals surface area (Å²) < 4.78 is 0. The fourth-order valence-corrected chi connectivity index (χ4v) is 0.681. The third-order valence-corrected chi connectivity index (χ3v) is 1.31. The Balaban J connectivity index is 0. The van der Waals surface area contributed by atoms with E-state index in [9.17, 15) is 0 Å². The van der Waals surface area contributed by atoms with Crippen LogP contribution in [0.25, 0.3) is 0 Å². The molecule has 0 fully saturated rings. The standard InChI is InChI=1S/C6H15NO.V/c1-3-7(4-2)5-6-8;/h8H,3-6H2,1-2H3;. The summed E-state index contributed by atoms with van der Waals surface area (Å²) in [6.45, 7) is 7.36. The first-order chi connectivity index (χ1) is 3.85. The molecular weight excluding hydrogens is 153 g/mol. The van der Waals surface area contributed by atoms with Crippen molar-refractivity contribution in [1.29, 1.82) is 0 Å². The summed E-state index contributed by atoms with van der Waals surface area (Å²) in [6, 6.07) is 0. The van der Waals surface area contributed by atoms with Crippen molar-refractivity contribution in [3.8, 4) is 0 Å². The second-order valence-corrected chi connectivity index (χ2v) is 1.75. The number of aliphatic hydroxyl groups is 1. The van der Waals surface area contributed by atoms with Gasteiger partial charge in [0, 0.05) is 25.1 Å². The fraction of sp³-hybridized carbons (Fsp3) is 1.00. The maximum absolute atomic E-state index is 8.46. The van der Waals surface area contributed by atoms with E-state index in [0.29, 0.717) is 0 Å². The Kier molecular flexibility index (Phi) is 11.5. The van der Waals surface area contributed by atoms with Gasteiger partial charge in [-0.1, -0.05) is 13.8 Å². The number of rotatable bonds is 4. The molecule has 0 aromatic carbocycles. The Morgan fingerprint density at radius 2 is 1.67 bits per heavy atom. The average molecular weight is 168 g/mol. The minimum absolute atomic E-state index is 0. The number of likely N-dealkylation sites (N-methyl/N-ethyl adjacent to an activating group) is 1. The number of nitrogens with zero attached hydrogens (tertiary/aromatic N) is 1. The van der Waals surface area contributed by atoms with Gasteiger partial charge in [-0.05, 0) is 13.1 Å². The summed E-state index contributed by atoms with van der Waals surface area (Å²) in [5.74, 6) is 0. The molecule has 55 valence electrons. The van der Waals surface area contributed by atoms with Crippen LogP contribution >= 0.6 is 0 Å². The van der Waals surface area contributed by atoms with Gasteiger partial charge in [-0.2, -0.15) is 0 Å². The minimum atomic E-state index is 0. The fourth-order valence-electron chi connectivity index (χ4n) is 0.681. The van der Waals surface area contributed by atoms with Crippen LogP contribution in [-0.2, 0) is 18.6 Å². The molecule has 0 spiro atoms. The van der Waals surface area contributed by atoms with Gasteiger partial charge in [-0.3, -0.25) is 0 Å². The van der Waals surface area contributed by atoms with Crippen molar-refractivity contribution >= 4 is 0 Å². The predicted octanol–water partition coefficient (Wildman–Crippen LogP) is 0.318. The minimum Gasteiger partial charge on any atom is -0.395 e. The molecule has 0 aromatic heterocycles. The van der Waals surface area contributed by atoms with Crippen molar-refractivity contribution in [2.45, 2.75) is 13.8 Å². The molecule has 0 aliphatic carbocycles. The van der Waals surface area contributed by atoms with Gasteiger partial charge in [0.2, 0.25) is 0 Å². The molecule has 0 aliphatic rings. The van der Waals surface area contributed by atoms with Crippen molar-refractivity contribution in [2.24, 2.45) is 0 Å². The molecule has 1 N–H and O–H groups in total. The molecule has 0 unspecified atom stereocenters. The van der Waals surface area contributed by atoms with Gasteiger partial charge in [0.25, 0.3) is 0 Å². The van der Waals surface area contributed by atoms with Crippen molar-refractivity contribution in [3.05, 3.63) is 0 Å². The van der Waals surface area contributed by atoms with Crippen molar-refractivity contribution in [1.82, 2.24) is 4.90 Å². The SMILES string of the molecule is CCN(CC)CCO.[V]. The van der Waals surface area contributed by atoms with Crippen LogP contribution in [0.15, 0.2) is 0 Å². The van der Waals surface area contributed by atoms with Crippen LogP contribution in [-0.4, -0.2) is 36.2 Å². The zero-order valence-corrected chi connectivity index (χ0v) is 7.57. The third kappa shape index (κ3) is 6.39. The van der Waals surface area contributed by atoms with Crippen LogP contribution in [0.1, 0.15) is 13.8 Å². The molecule has 0 aromatic rings. The van der Waals surface area contributed by atoms with Crippen LogP contribution in [0.3, 0.4) is 0 Å². The Bertz CT molecular complexity index is 48.3. The molecular formula is C6H15NOV. The van der Waals surface area contributed by atoms with Crippen LogP contribution in [0.5, 0.6) is 0 Å². The topological polar surface area (TPSA) is 23.5 Å². The third-order valence-electron chi connectivity index (χ3n) is 1.31. The average Bonchev–Trinajstić information content (AvgIpc) is 1.83. The molecule has 0 bridgehead atoms. The van der Waals surface area contributed by atoms with Crippen LogP contribution in [0.4, 0.5) is 0 Å². The van der Waals surface area contributed by atoms with Crippen molar-refractivity contribution in [3.63, 3.8) is 0 Å². The summed E-state index contributed by atoms with van der Waals surface area (Å²) in [6.07, 6.45) is 0. The van der Waals surface area contributed by atoms with Crippen LogP contribution in [0.2, 0.25) is 0 Å². The number of hydrogen-bond acceptors (Lipinski definition) is 2. The normalized spacial score (nSPS) is 9.33. The molecule has 0 rings (SSSR count). The summed E-state index contributed by atoms with van der Waals surface area (Å²) >= 11 is 0. The number of aliphatic hydroxyl groups excluding tert-OH is 1. The number of hydrogen-bond donors (Lipinski definition) is 1. The summed E-state index contributed by atoms with van der Waals surface area (Å²) in [5, 5.41) is 8.46. The van der Waals surface area contributed by atoms with E-state index in [0.717, 1.165) is 19.6 Å². The van der Waals surface area contributed by atoms with Crippen LogP contribution in [0, 0.1) is 0 Å². The molecule has 2 nitrogen and oxygen atoms in total. The zero-order valence-electron chi connectivity index (χ0n) is 6.17. The first kappa shape index (κ1) is 12.2. The molecule has 0 saturated carbocycles. The Morgan fingerprint density at radius 3 is 1.78 bits per heavy atom.